The molecule has 3 aliphatic rings. The smallest absolute Gasteiger partial charge is 0.270 e. The molecule has 0 radical (unpaired) electrons. The molecule has 2 bridgehead atoms. The summed E-state index contributed by atoms with van der Waals surface area (Å²) in [5.74, 6) is 0.301. The molecule has 1 aromatic rings. The Morgan fingerprint density at radius 3 is 2.80 bits per heavy atom. The average molecular weight is 273 g/mol. The molecule has 0 atom stereocenters. The standard InChI is InChI=1S/C14H15N3O3/c18-15-14-11-4-6-16(7-5-11)13(14)9-10-2-1-3-12(8-10)17(19)20/h1-3,8-9,11,18H,4-7H2/b13-9+,15-14-. The molecule has 0 unspecified atom stereocenters. The molecule has 6 heteroatoms. The van der Waals surface area contributed by atoms with Gasteiger partial charge in [0, 0.05) is 31.1 Å². The second-order valence-corrected chi connectivity index (χ2v) is 5.13. The normalized spacial score (nSPS) is 22.7. The van der Waals surface area contributed by atoms with Gasteiger partial charge < -0.3 is 10.1 Å². The number of non-ortho nitro benzene ring substituents is 1. The van der Waals surface area contributed by atoms with Crippen LogP contribution in [-0.4, -0.2) is 33.8 Å². The van der Waals surface area contributed by atoms with Gasteiger partial charge in [-0.05, 0) is 24.5 Å². The lowest BCUT2D eigenvalue weighted by Crippen LogP contribution is -2.46. The number of hydrogen-bond donors (Lipinski definition) is 1. The third-order valence-electron chi connectivity index (χ3n) is 3.98. The molecule has 0 amide bonds. The van der Waals surface area contributed by atoms with Crippen molar-refractivity contribution >= 4 is 17.5 Å². The summed E-state index contributed by atoms with van der Waals surface area (Å²) in [5, 5.41) is 23.5. The number of hydrogen-bond acceptors (Lipinski definition) is 5. The van der Waals surface area contributed by atoms with Crippen LogP contribution in [0.2, 0.25) is 0 Å². The van der Waals surface area contributed by atoms with E-state index < -0.39 is 4.92 Å². The fraction of sp³-hybridized carbons (Fsp3) is 0.357. The van der Waals surface area contributed by atoms with Crippen molar-refractivity contribution in [3.05, 3.63) is 45.6 Å². The van der Waals surface area contributed by atoms with Crippen LogP contribution in [0.15, 0.2) is 35.1 Å². The Morgan fingerprint density at radius 1 is 1.40 bits per heavy atom. The summed E-state index contributed by atoms with van der Waals surface area (Å²) in [6.07, 6.45) is 3.88. The lowest BCUT2D eigenvalue weighted by atomic mass is 9.83. The summed E-state index contributed by atoms with van der Waals surface area (Å²) in [7, 11) is 0. The zero-order chi connectivity index (χ0) is 14.1. The van der Waals surface area contributed by atoms with Crippen LogP contribution in [0, 0.1) is 16.0 Å². The molecule has 3 heterocycles. The van der Waals surface area contributed by atoms with Crippen LogP contribution in [0.5, 0.6) is 0 Å². The first-order valence-electron chi connectivity index (χ1n) is 6.62. The minimum atomic E-state index is -0.406. The Balaban J connectivity index is 1.98. The van der Waals surface area contributed by atoms with Gasteiger partial charge in [0.2, 0.25) is 0 Å². The van der Waals surface area contributed by atoms with Crippen molar-refractivity contribution in [3.8, 4) is 0 Å². The molecule has 104 valence electrons. The zero-order valence-corrected chi connectivity index (χ0v) is 10.9. The van der Waals surface area contributed by atoms with Crippen molar-refractivity contribution in [2.75, 3.05) is 13.1 Å². The highest BCUT2D eigenvalue weighted by Gasteiger charge is 2.35. The predicted molar refractivity (Wildman–Crippen MR) is 74.6 cm³/mol. The first-order valence-corrected chi connectivity index (χ1v) is 6.62. The predicted octanol–water partition coefficient (Wildman–Crippen LogP) is 2.49. The van der Waals surface area contributed by atoms with Crippen molar-refractivity contribution < 1.29 is 10.1 Å². The number of piperidine rings is 3. The fourth-order valence-electron chi connectivity index (χ4n) is 2.95. The fourth-order valence-corrected chi connectivity index (χ4v) is 2.95. The van der Waals surface area contributed by atoms with E-state index in [0.717, 1.165) is 37.2 Å². The zero-order valence-electron chi connectivity index (χ0n) is 10.9. The maximum atomic E-state index is 10.8. The van der Waals surface area contributed by atoms with Crippen molar-refractivity contribution in [2.24, 2.45) is 11.1 Å². The largest absolute Gasteiger partial charge is 0.411 e. The number of nitro groups is 1. The average Bonchev–Trinajstić information content (AvgIpc) is 2.48. The highest BCUT2D eigenvalue weighted by molar-refractivity contribution is 6.05. The lowest BCUT2D eigenvalue weighted by molar-refractivity contribution is -0.384. The minimum Gasteiger partial charge on any atom is -0.411 e. The third-order valence-corrected chi connectivity index (χ3v) is 3.98. The van der Waals surface area contributed by atoms with E-state index in [4.69, 9.17) is 0 Å². The number of nitro benzene ring substituents is 1. The van der Waals surface area contributed by atoms with E-state index in [1.165, 1.54) is 12.1 Å². The van der Waals surface area contributed by atoms with Gasteiger partial charge in [-0.1, -0.05) is 17.3 Å². The SMILES string of the molecule is O=[N+]([O-])c1cccc(/C=C2\C(=N/O)C3CCN2CC3)c1. The third kappa shape index (κ3) is 2.13. The van der Waals surface area contributed by atoms with Gasteiger partial charge in [0.25, 0.3) is 5.69 Å². The Hall–Kier alpha value is -2.37. The molecule has 0 aromatic heterocycles. The van der Waals surface area contributed by atoms with Crippen molar-refractivity contribution in [1.29, 1.82) is 0 Å². The van der Waals surface area contributed by atoms with Crippen LogP contribution in [0.4, 0.5) is 5.69 Å². The number of oxime groups is 1. The minimum absolute atomic E-state index is 0.0674. The molecule has 0 aliphatic carbocycles. The van der Waals surface area contributed by atoms with Gasteiger partial charge in [-0.2, -0.15) is 0 Å². The lowest BCUT2D eigenvalue weighted by Gasteiger charge is -2.42. The van der Waals surface area contributed by atoms with E-state index in [1.54, 1.807) is 6.07 Å². The topological polar surface area (TPSA) is 79.0 Å². The molecule has 20 heavy (non-hydrogen) atoms. The second-order valence-electron chi connectivity index (χ2n) is 5.13. The van der Waals surface area contributed by atoms with E-state index in [9.17, 15) is 15.3 Å². The molecular weight excluding hydrogens is 258 g/mol. The van der Waals surface area contributed by atoms with Crippen LogP contribution in [0.1, 0.15) is 18.4 Å². The van der Waals surface area contributed by atoms with Crippen LogP contribution >= 0.6 is 0 Å². The van der Waals surface area contributed by atoms with E-state index in [2.05, 4.69) is 10.1 Å². The van der Waals surface area contributed by atoms with E-state index in [1.807, 2.05) is 12.1 Å². The first-order chi connectivity index (χ1) is 9.69. The van der Waals surface area contributed by atoms with Crippen LogP contribution in [0.3, 0.4) is 0 Å². The Kier molecular flexibility index (Phi) is 3.14. The second kappa shape index (κ2) is 4.96. The molecule has 6 nitrogen and oxygen atoms in total. The highest BCUT2D eigenvalue weighted by Crippen LogP contribution is 2.33. The summed E-state index contributed by atoms with van der Waals surface area (Å²) in [4.78, 5) is 12.6. The number of rotatable bonds is 2. The molecule has 3 saturated heterocycles. The van der Waals surface area contributed by atoms with Gasteiger partial charge >= 0.3 is 0 Å². The Morgan fingerprint density at radius 2 is 2.15 bits per heavy atom. The molecular formula is C14H15N3O3. The number of allylic oxidation sites excluding steroid dienone is 1. The summed E-state index contributed by atoms with van der Waals surface area (Å²) < 4.78 is 0. The summed E-state index contributed by atoms with van der Waals surface area (Å²) in [5.41, 5.74) is 2.41. The molecule has 4 rings (SSSR count). The van der Waals surface area contributed by atoms with Gasteiger partial charge in [-0.15, -0.1) is 0 Å². The maximum Gasteiger partial charge on any atom is 0.270 e. The Labute approximate surface area is 116 Å². The van der Waals surface area contributed by atoms with E-state index in [-0.39, 0.29) is 5.69 Å². The van der Waals surface area contributed by atoms with Crippen molar-refractivity contribution in [1.82, 2.24) is 4.90 Å². The van der Waals surface area contributed by atoms with Gasteiger partial charge in [0.15, 0.2) is 0 Å². The van der Waals surface area contributed by atoms with Gasteiger partial charge in [0.05, 0.1) is 10.6 Å². The van der Waals surface area contributed by atoms with Crippen LogP contribution < -0.4 is 0 Å². The first kappa shape index (κ1) is 12.7. The molecule has 1 aromatic carbocycles. The van der Waals surface area contributed by atoms with Gasteiger partial charge in [0.1, 0.15) is 5.71 Å². The van der Waals surface area contributed by atoms with E-state index in [0.29, 0.717) is 11.6 Å². The van der Waals surface area contributed by atoms with Crippen LogP contribution in [0.25, 0.3) is 6.08 Å². The van der Waals surface area contributed by atoms with Crippen molar-refractivity contribution in [3.63, 3.8) is 0 Å². The number of nitrogens with zero attached hydrogens (tertiary/aromatic N) is 3. The van der Waals surface area contributed by atoms with Crippen LogP contribution in [-0.2, 0) is 0 Å². The highest BCUT2D eigenvalue weighted by atomic mass is 16.6. The Bertz CT molecular complexity index is 601. The maximum absolute atomic E-state index is 10.8. The van der Waals surface area contributed by atoms with Gasteiger partial charge in [-0.3, -0.25) is 10.1 Å². The summed E-state index contributed by atoms with van der Waals surface area (Å²) >= 11 is 0. The number of fused-ring (bicyclic) bond motifs is 3. The number of benzene rings is 1. The molecule has 3 aliphatic heterocycles. The molecule has 0 spiro atoms. The molecule has 0 saturated carbocycles. The quantitative estimate of drug-likeness (QED) is 0.510. The van der Waals surface area contributed by atoms with Crippen molar-refractivity contribution in [2.45, 2.75) is 12.8 Å². The summed E-state index contributed by atoms with van der Waals surface area (Å²) in [6.45, 7) is 1.90. The van der Waals surface area contributed by atoms with E-state index >= 15 is 0 Å². The summed E-state index contributed by atoms with van der Waals surface area (Å²) in [6, 6.07) is 6.48. The van der Waals surface area contributed by atoms with Gasteiger partial charge in [-0.25, -0.2) is 0 Å². The molecule has 3 fully saturated rings. The molecule has 1 N–H and O–H groups in total. The monoisotopic (exact) mass is 273 g/mol.